The highest BCUT2D eigenvalue weighted by Gasteiger charge is 2.54. The fourth-order valence-electron chi connectivity index (χ4n) is 2.90. The molecule has 2 nitrogen and oxygen atoms in total. The van der Waals surface area contributed by atoms with Crippen LogP contribution in [0.4, 0.5) is 0 Å². The summed E-state index contributed by atoms with van der Waals surface area (Å²) in [5, 5.41) is 9.74. The summed E-state index contributed by atoms with van der Waals surface area (Å²) in [6.45, 7) is 5.56. The summed E-state index contributed by atoms with van der Waals surface area (Å²) < 4.78 is 5.81. The average Bonchev–Trinajstić information content (AvgIpc) is 3.33. The maximum atomic E-state index is 9.74. The van der Waals surface area contributed by atoms with E-state index in [2.05, 4.69) is 24.3 Å². The van der Waals surface area contributed by atoms with E-state index in [4.69, 9.17) is 4.74 Å². The first-order valence-corrected chi connectivity index (χ1v) is 8.13. The van der Waals surface area contributed by atoms with E-state index < -0.39 is 0 Å². The number of aliphatic hydroxyl groups excluding tert-OH is 1. The van der Waals surface area contributed by atoms with Crippen LogP contribution in [0.25, 0.3) is 0 Å². The molecule has 1 saturated carbocycles. The Hall–Kier alpha value is -1.64. The van der Waals surface area contributed by atoms with E-state index in [-0.39, 0.29) is 12.0 Å². The summed E-state index contributed by atoms with van der Waals surface area (Å²) in [5.41, 5.74) is 2.36. The minimum absolute atomic E-state index is 0.0715. The van der Waals surface area contributed by atoms with Crippen LogP contribution in [0.15, 0.2) is 60.7 Å². The van der Waals surface area contributed by atoms with Crippen LogP contribution in [0.1, 0.15) is 31.4 Å². The molecule has 118 valence electrons. The fourth-order valence-corrected chi connectivity index (χ4v) is 2.90. The van der Waals surface area contributed by atoms with E-state index in [0.29, 0.717) is 19.1 Å². The highest BCUT2D eigenvalue weighted by atomic mass is 16.5. The summed E-state index contributed by atoms with van der Waals surface area (Å²) in [6, 6.07) is 20.5. The molecule has 0 spiro atoms. The Labute approximate surface area is 133 Å². The number of hydrogen-bond donors (Lipinski definition) is 1. The maximum absolute atomic E-state index is 9.74. The predicted octanol–water partition coefficient (Wildman–Crippen LogP) is 4.18. The fraction of sp³-hybridized carbons (Fsp3) is 0.400. The molecule has 2 atom stereocenters. The van der Waals surface area contributed by atoms with E-state index in [1.807, 2.05) is 50.2 Å². The van der Waals surface area contributed by atoms with Crippen molar-refractivity contribution in [2.24, 2.45) is 5.92 Å². The standard InChI is InChI=1S/C18H20O2.C2H6/c19-14-18(16-9-5-2-6-10-16)11-17(18)13-20-12-15-7-3-1-4-8-15;1-2/h1-10,17,19H,11-14H2;1-2H3. The quantitative estimate of drug-likeness (QED) is 0.867. The molecule has 2 heteroatoms. The molecule has 22 heavy (non-hydrogen) atoms. The van der Waals surface area contributed by atoms with Crippen LogP contribution in [-0.2, 0) is 16.8 Å². The Bertz CT molecular complexity index is 538. The zero-order valence-electron chi connectivity index (χ0n) is 13.5. The molecule has 2 aromatic rings. The second kappa shape index (κ2) is 8.11. The third-order valence-electron chi connectivity index (χ3n) is 4.29. The van der Waals surface area contributed by atoms with Gasteiger partial charge in [-0.25, -0.2) is 0 Å². The van der Waals surface area contributed by atoms with Crippen molar-refractivity contribution in [1.29, 1.82) is 0 Å². The van der Waals surface area contributed by atoms with Gasteiger partial charge in [-0.1, -0.05) is 74.5 Å². The monoisotopic (exact) mass is 298 g/mol. The molecule has 2 unspecified atom stereocenters. The van der Waals surface area contributed by atoms with Gasteiger partial charge in [0.25, 0.3) is 0 Å². The van der Waals surface area contributed by atoms with E-state index in [1.54, 1.807) is 0 Å². The van der Waals surface area contributed by atoms with Gasteiger partial charge in [0.05, 0.1) is 19.8 Å². The van der Waals surface area contributed by atoms with Gasteiger partial charge in [0.2, 0.25) is 0 Å². The third kappa shape index (κ3) is 3.76. The third-order valence-corrected chi connectivity index (χ3v) is 4.29. The lowest BCUT2D eigenvalue weighted by Crippen LogP contribution is -2.17. The SMILES string of the molecule is CC.OCC1(c2ccccc2)CC1COCc1ccccc1. The van der Waals surface area contributed by atoms with Gasteiger partial charge in [-0.05, 0) is 23.5 Å². The molecule has 1 N–H and O–H groups in total. The summed E-state index contributed by atoms with van der Waals surface area (Å²) >= 11 is 0. The van der Waals surface area contributed by atoms with E-state index >= 15 is 0 Å². The smallest absolute Gasteiger partial charge is 0.0717 e. The van der Waals surface area contributed by atoms with Crippen molar-refractivity contribution in [2.75, 3.05) is 13.2 Å². The molecule has 2 aromatic carbocycles. The lowest BCUT2D eigenvalue weighted by atomic mass is 9.94. The second-order valence-electron chi connectivity index (χ2n) is 5.58. The van der Waals surface area contributed by atoms with Crippen molar-refractivity contribution >= 4 is 0 Å². The molecule has 1 fully saturated rings. The molecule has 0 radical (unpaired) electrons. The first-order valence-electron chi connectivity index (χ1n) is 8.13. The molecule has 0 aliphatic heterocycles. The molecule has 0 amide bonds. The molecule has 1 aliphatic rings. The molecule has 1 aliphatic carbocycles. The van der Waals surface area contributed by atoms with Crippen molar-refractivity contribution < 1.29 is 9.84 Å². The Morgan fingerprint density at radius 2 is 1.59 bits per heavy atom. The lowest BCUT2D eigenvalue weighted by Gasteiger charge is -2.15. The zero-order chi connectivity index (χ0) is 15.8. The number of aliphatic hydroxyl groups is 1. The zero-order valence-corrected chi connectivity index (χ0v) is 13.5. The van der Waals surface area contributed by atoms with Crippen molar-refractivity contribution in [3.8, 4) is 0 Å². The van der Waals surface area contributed by atoms with E-state index in [1.165, 1.54) is 11.1 Å². The first kappa shape index (κ1) is 16.7. The molecular formula is C20H26O2. The second-order valence-corrected chi connectivity index (χ2v) is 5.58. The molecule has 0 saturated heterocycles. The minimum atomic E-state index is -0.0715. The Balaban J connectivity index is 0.000000847. The number of rotatable bonds is 6. The molecule has 0 aromatic heterocycles. The normalized spacial score (nSPS) is 22.6. The van der Waals surface area contributed by atoms with E-state index in [0.717, 1.165) is 6.42 Å². The largest absolute Gasteiger partial charge is 0.395 e. The van der Waals surface area contributed by atoms with Crippen molar-refractivity contribution in [3.05, 3.63) is 71.8 Å². The average molecular weight is 298 g/mol. The lowest BCUT2D eigenvalue weighted by molar-refractivity contribution is 0.100. The summed E-state index contributed by atoms with van der Waals surface area (Å²) in [4.78, 5) is 0. The molecule has 0 heterocycles. The van der Waals surface area contributed by atoms with Gasteiger partial charge >= 0.3 is 0 Å². The van der Waals surface area contributed by atoms with Gasteiger partial charge in [-0.15, -0.1) is 0 Å². The van der Waals surface area contributed by atoms with Crippen LogP contribution in [-0.4, -0.2) is 18.3 Å². The summed E-state index contributed by atoms with van der Waals surface area (Å²) in [6.07, 6.45) is 1.02. The molecule has 0 bridgehead atoms. The number of ether oxygens (including phenoxy) is 1. The Kier molecular flexibility index (Phi) is 6.17. The highest BCUT2D eigenvalue weighted by molar-refractivity contribution is 5.33. The predicted molar refractivity (Wildman–Crippen MR) is 90.8 cm³/mol. The van der Waals surface area contributed by atoms with Crippen LogP contribution in [0.3, 0.4) is 0 Å². The Morgan fingerprint density at radius 3 is 2.18 bits per heavy atom. The molecule has 3 rings (SSSR count). The highest BCUT2D eigenvalue weighted by Crippen LogP contribution is 2.54. The van der Waals surface area contributed by atoms with Gasteiger partial charge in [0.15, 0.2) is 0 Å². The van der Waals surface area contributed by atoms with Crippen LogP contribution in [0.5, 0.6) is 0 Å². The van der Waals surface area contributed by atoms with Crippen LogP contribution in [0, 0.1) is 5.92 Å². The molecular weight excluding hydrogens is 272 g/mol. The van der Waals surface area contributed by atoms with Crippen LogP contribution >= 0.6 is 0 Å². The van der Waals surface area contributed by atoms with E-state index in [9.17, 15) is 5.11 Å². The summed E-state index contributed by atoms with van der Waals surface area (Å²) in [5.74, 6) is 0.429. The first-order chi connectivity index (χ1) is 10.8. The van der Waals surface area contributed by atoms with Crippen LogP contribution in [0.2, 0.25) is 0 Å². The topological polar surface area (TPSA) is 29.5 Å². The maximum Gasteiger partial charge on any atom is 0.0717 e. The van der Waals surface area contributed by atoms with Crippen molar-refractivity contribution in [1.82, 2.24) is 0 Å². The van der Waals surface area contributed by atoms with Gasteiger partial charge in [-0.3, -0.25) is 0 Å². The van der Waals surface area contributed by atoms with Gasteiger partial charge < -0.3 is 9.84 Å². The number of hydrogen-bond acceptors (Lipinski definition) is 2. The number of benzene rings is 2. The van der Waals surface area contributed by atoms with Gasteiger partial charge in [0, 0.05) is 5.41 Å². The summed E-state index contributed by atoms with van der Waals surface area (Å²) in [7, 11) is 0. The van der Waals surface area contributed by atoms with Crippen molar-refractivity contribution in [3.63, 3.8) is 0 Å². The Morgan fingerprint density at radius 1 is 1.00 bits per heavy atom. The van der Waals surface area contributed by atoms with Gasteiger partial charge in [0.1, 0.15) is 0 Å². The van der Waals surface area contributed by atoms with Crippen LogP contribution < -0.4 is 0 Å². The van der Waals surface area contributed by atoms with Gasteiger partial charge in [-0.2, -0.15) is 0 Å². The minimum Gasteiger partial charge on any atom is -0.395 e. The van der Waals surface area contributed by atoms with Crippen molar-refractivity contribution in [2.45, 2.75) is 32.3 Å².